The van der Waals surface area contributed by atoms with E-state index >= 15 is 0 Å². The van der Waals surface area contributed by atoms with Gasteiger partial charge in [-0.2, -0.15) is 9.67 Å². The summed E-state index contributed by atoms with van der Waals surface area (Å²) in [6, 6.07) is 24.3. The highest BCUT2D eigenvalue weighted by molar-refractivity contribution is 5.98. The van der Waals surface area contributed by atoms with E-state index in [0.717, 1.165) is 14.8 Å². The summed E-state index contributed by atoms with van der Waals surface area (Å²) in [6.45, 7) is 1.84. The minimum atomic E-state index is -0.656. The smallest absolute Gasteiger partial charge is 0.448 e. The highest BCUT2D eigenvalue weighted by Crippen LogP contribution is 2.15. The minimum absolute atomic E-state index is 0.0195. The summed E-state index contributed by atoms with van der Waals surface area (Å²) in [5.74, 6) is 0.0195. The van der Waals surface area contributed by atoms with Gasteiger partial charge in [-0.15, -0.1) is 0 Å². The molecule has 29 heavy (non-hydrogen) atoms. The Balaban J connectivity index is 2.04. The molecule has 0 saturated carbocycles. The van der Waals surface area contributed by atoms with Crippen molar-refractivity contribution in [1.29, 1.82) is 0 Å². The Morgan fingerprint density at radius 3 is 2.10 bits per heavy atom. The summed E-state index contributed by atoms with van der Waals surface area (Å²) in [5, 5.41) is 15.8. The van der Waals surface area contributed by atoms with Crippen molar-refractivity contribution < 1.29 is 4.74 Å². The van der Waals surface area contributed by atoms with Crippen molar-refractivity contribution in [3.05, 3.63) is 122 Å². The molecule has 0 aliphatic heterocycles. The van der Waals surface area contributed by atoms with E-state index in [2.05, 4.69) is 5.10 Å². The number of aromatic nitrogens is 3. The predicted molar refractivity (Wildman–Crippen MR) is 111 cm³/mol. The molecule has 0 fully saturated rings. The van der Waals surface area contributed by atoms with E-state index in [1.807, 2.05) is 19.1 Å². The summed E-state index contributed by atoms with van der Waals surface area (Å²) in [5.41, 5.74) is 0.796. The Bertz CT molecular complexity index is 1300. The van der Waals surface area contributed by atoms with Crippen LogP contribution in [0.4, 0.5) is 5.69 Å². The third-order valence-electron chi connectivity index (χ3n) is 4.59. The van der Waals surface area contributed by atoms with Crippen LogP contribution in [0.25, 0.3) is 5.69 Å². The van der Waals surface area contributed by atoms with Gasteiger partial charge in [-0.05, 0) is 42.8 Å². The van der Waals surface area contributed by atoms with Crippen LogP contribution in [0.3, 0.4) is 0 Å². The van der Waals surface area contributed by atoms with E-state index in [0.29, 0.717) is 21.7 Å². The second-order valence-electron chi connectivity index (χ2n) is 6.47. The fourth-order valence-electron chi connectivity index (χ4n) is 3.16. The highest BCUT2D eigenvalue weighted by Gasteiger charge is 2.26. The first kappa shape index (κ1) is 18.2. The van der Waals surface area contributed by atoms with Crippen LogP contribution in [0, 0.1) is 12.1 Å². The first-order valence-corrected chi connectivity index (χ1v) is 9.03. The molecular formula is C22H18N4O3. The number of aryl methyl sites for hydroxylation is 1. The average molecular weight is 386 g/mol. The molecule has 144 valence electrons. The monoisotopic (exact) mass is 386 g/mol. The molecule has 3 aromatic carbocycles. The Labute approximate surface area is 166 Å². The lowest BCUT2D eigenvalue weighted by atomic mass is 10.1. The van der Waals surface area contributed by atoms with Crippen molar-refractivity contribution in [3.63, 3.8) is 0 Å². The highest BCUT2D eigenvalue weighted by atomic mass is 16.5. The maximum atomic E-state index is 13.3. The van der Waals surface area contributed by atoms with Crippen molar-refractivity contribution in [2.75, 3.05) is 0 Å². The van der Waals surface area contributed by atoms with Gasteiger partial charge in [0.1, 0.15) is 5.69 Å². The molecule has 1 N–H and O–H groups in total. The molecule has 0 saturated heterocycles. The molecule has 4 rings (SSSR count). The molecule has 0 atom stereocenters. The van der Waals surface area contributed by atoms with Gasteiger partial charge in [0.05, 0.1) is 11.3 Å². The lowest BCUT2D eigenvalue weighted by Gasteiger charge is -2.14. The van der Waals surface area contributed by atoms with E-state index in [4.69, 9.17) is 0 Å². The first-order chi connectivity index (χ1) is 14.1. The van der Waals surface area contributed by atoms with Crippen molar-refractivity contribution >= 4 is 11.5 Å². The quantitative estimate of drug-likeness (QED) is 0.193. The number of aromatic amines is 1. The molecule has 4 aromatic rings. The number of nitrogens with zero attached hydrogens (tertiary/aromatic N) is 3. The molecule has 0 bridgehead atoms. The SMILES string of the molecule is Cc1ccccc1/C(n1[nH]c(=O)n(-c2ccccc2)c1=O)=[N+](/[O-])c1ccccc1. The minimum Gasteiger partial charge on any atom is -0.710 e. The van der Waals surface area contributed by atoms with Gasteiger partial charge in [-0.25, -0.2) is 14.3 Å². The molecule has 0 unspecified atom stereocenters. The van der Waals surface area contributed by atoms with Crippen molar-refractivity contribution in [2.45, 2.75) is 6.92 Å². The van der Waals surface area contributed by atoms with Crippen LogP contribution in [-0.4, -0.2) is 24.9 Å². The Hall–Kier alpha value is -4.13. The Morgan fingerprint density at radius 1 is 0.862 bits per heavy atom. The van der Waals surface area contributed by atoms with Gasteiger partial charge in [0.15, 0.2) is 0 Å². The van der Waals surface area contributed by atoms with Crippen LogP contribution in [0.5, 0.6) is 0 Å². The van der Waals surface area contributed by atoms with Gasteiger partial charge >= 0.3 is 17.2 Å². The van der Waals surface area contributed by atoms with E-state index in [1.165, 1.54) is 0 Å². The van der Waals surface area contributed by atoms with Gasteiger partial charge in [0, 0.05) is 0 Å². The third kappa shape index (κ3) is 3.29. The standard InChI is InChI=1S/C22H18N4O3/c1-16-10-8-9-15-19(16)20(26(29)18-13-6-3-7-14-18)25-22(28)24(21(27)23-25)17-11-4-2-5-12-17/h2-15H,1H3,(H,23,27)/b26-20-. The van der Waals surface area contributed by atoms with Gasteiger partial charge < -0.3 is 5.21 Å². The summed E-state index contributed by atoms with van der Waals surface area (Å²) >= 11 is 0. The fourth-order valence-corrected chi connectivity index (χ4v) is 3.16. The number of rotatable bonds is 3. The molecule has 0 aliphatic rings. The number of hydrogen-bond donors (Lipinski definition) is 1. The number of H-pyrrole nitrogens is 1. The molecule has 1 aromatic heterocycles. The Kier molecular flexibility index (Phi) is 4.70. The predicted octanol–water partition coefficient (Wildman–Crippen LogP) is 2.77. The Morgan fingerprint density at radius 2 is 1.45 bits per heavy atom. The van der Waals surface area contributed by atoms with Gasteiger partial charge in [0.25, 0.3) is 0 Å². The lowest BCUT2D eigenvalue weighted by molar-refractivity contribution is -0.363. The fraction of sp³-hybridized carbons (Fsp3) is 0.0455. The third-order valence-corrected chi connectivity index (χ3v) is 4.59. The average Bonchev–Trinajstić information content (AvgIpc) is 3.04. The van der Waals surface area contributed by atoms with Crippen LogP contribution in [-0.2, 0) is 0 Å². The zero-order valence-electron chi connectivity index (χ0n) is 15.6. The normalized spacial score (nSPS) is 11.9. The molecule has 7 heteroatoms. The molecular weight excluding hydrogens is 368 g/mol. The zero-order chi connectivity index (χ0) is 20.4. The molecule has 0 aliphatic carbocycles. The van der Waals surface area contributed by atoms with Crippen LogP contribution < -0.4 is 11.4 Å². The molecule has 7 nitrogen and oxygen atoms in total. The maximum Gasteiger partial charge on any atom is 0.448 e. The largest absolute Gasteiger partial charge is 0.710 e. The number of hydrogen-bond acceptors (Lipinski definition) is 3. The number of nitrogens with one attached hydrogen (secondary N) is 1. The van der Waals surface area contributed by atoms with Crippen LogP contribution in [0.2, 0.25) is 0 Å². The molecule has 0 amide bonds. The summed E-state index contributed by atoms with van der Waals surface area (Å²) in [7, 11) is 0. The van der Waals surface area contributed by atoms with E-state index in [1.54, 1.807) is 72.8 Å². The van der Waals surface area contributed by atoms with Gasteiger partial charge in [0.2, 0.25) is 0 Å². The van der Waals surface area contributed by atoms with Crippen LogP contribution >= 0.6 is 0 Å². The zero-order valence-corrected chi connectivity index (χ0v) is 15.6. The second-order valence-corrected chi connectivity index (χ2v) is 6.47. The molecule has 0 radical (unpaired) electrons. The van der Waals surface area contributed by atoms with Crippen LogP contribution in [0.1, 0.15) is 11.1 Å². The topological polar surface area (TPSA) is 85.9 Å². The van der Waals surface area contributed by atoms with Crippen molar-refractivity contribution in [3.8, 4) is 5.69 Å². The first-order valence-electron chi connectivity index (χ1n) is 9.03. The summed E-state index contributed by atoms with van der Waals surface area (Å²) in [4.78, 5) is 25.8. The van der Waals surface area contributed by atoms with Crippen molar-refractivity contribution in [2.24, 2.45) is 0 Å². The van der Waals surface area contributed by atoms with E-state index in [-0.39, 0.29) is 5.84 Å². The van der Waals surface area contributed by atoms with E-state index < -0.39 is 11.4 Å². The van der Waals surface area contributed by atoms with E-state index in [9.17, 15) is 14.8 Å². The van der Waals surface area contributed by atoms with Crippen LogP contribution in [0.15, 0.2) is 94.5 Å². The van der Waals surface area contributed by atoms with Crippen molar-refractivity contribution in [1.82, 2.24) is 14.3 Å². The second kappa shape index (κ2) is 7.47. The lowest BCUT2D eigenvalue weighted by Crippen LogP contribution is -2.35. The van der Waals surface area contributed by atoms with Gasteiger partial charge in [-0.3, -0.25) is 0 Å². The summed E-state index contributed by atoms with van der Waals surface area (Å²) in [6.07, 6.45) is 0. The van der Waals surface area contributed by atoms with Gasteiger partial charge in [-0.1, -0.05) is 59.3 Å². The number of para-hydroxylation sites is 2. The summed E-state index contributed by atoms with van der Waals surface area (Å²) < 4.78 is 2.64. The molecule has 0 spiro atoms. The number of benzene rings is 3. The molecule has 1 heterocycles. The maximum absolute atomic E-state index is 13.3.